The Morgan fingerprint density at radius 3 is 2.78 bits per heavy atom. The molecular formula is C19H21ClN4O3. The Balaban J connectivity index is 1.62. The van der Waals surface area contributed by atoms with E-state index in [1.54, 1.807) is 31.2 Å². The summed E-state index contributed by atoms with van der Waals surface area (Å²) >= 11 is 5.81. The van der Waals surface area contributed by atoms with Gasteiger partial charge in [-0.15, -0.1) is 0 Å². The first-order chi connectivity index (χ1) is 13.1. The van der Waals surface area contributed by atoms with Gasteiger partial charge in [0.1, 0.15) is 11.6 Å². The van der Waals surface area contributed by atoms with Gasteiger partial charge in [-0.3, -0.25) is 4.79 Å². The number of aromatic nitrogens is 2. The summed E-state index contributed by atoms with van der Waals surface area (Å²) in [7, 11) is 0. The molecule has 1 aliphatic rings. The monoisotopic (exact) mass is 388 g/mol. The van der Waals surface area contributed by atoms with Gasteiger partial charge in [0.05, 0.1) is 23.1 Å². The minimum Gasteiger partial charge on any atom is -0.462 e. The smallest absolute Gasteiger partial charge is 0.339 e. The van der Waals surface area contributed by atoms with Crippen molar-refractivity contribution >= 4 is 35.1 Å². The normalized spacial score (nSPS) is 16.7. The maximum Gasteiger partial charge on any atom is 0.339 e. The van der Waals surface area contributed by atoms with E-state index in [0.29, 0.717) is 29.6 Å². The lowest BCUT2D eigenvalue weighted by Gasteiger charge is -2.32. The van der Waals surface area contributed by atoms with E-state index in [1.165, 1.54) is 12.4 Å². The topological polar surface area (TPSA) is 84.4 Å². The van der Waals surface area contributed by atoms with Gasteiger partial charge in [-0.25, -0.2) is 14.8 Å². The number of carbonyl (C=O) groups excluding carboxylic acids is 2. The number of esters is 1. The molecule has 7 nitrogen and oxygen atoms in total. The molecule has 1 aliphatic heterocycles. The molecule has 1 saturated heterocycles. The number of piperidine rings is 1. The Hall–Kier alpha value is -2.67. The molecule has 0 bridgehead atoms. The molecule has 0 saturated carbocycles. The zero-order valence-corrected chi connectivity index (χ0v) is 15.8. The summed E-state index contributed by atoms with van der Waals surface area (Å²) < 4.78 is 4.97. The second kappa shape index (κ2) is 8.81. The van der Waals surface area contributed by atoms with E-state index in [2.05, 4.69) is 20.2 Å². The highest BCUT2D eigenvalue weighted by molar-refractivity contribution is 6.30. The summed E-state index contributed by atoms with van der Waals surface area (Å²) in [5.74, 6) is 0.604. The molecule has 3 rings (SSSR count). The first-order valence-electron chi connectivity index (χ1n) is 8.87. The summed E-state index contributed by atoms with van der Waals surface area (Å²) in [6.45, 7) is 3.46. The van der Waals surface area contributed by atoms with Gasteiger partial charge in [-0.2, -0.15) is 0 Å². The number of rotatable bonds is 5. The summed E-state index contributed by atoms with van der Waals surface area (Å²) in [4.78, 5) is 34.8. The molecule has 142 valence electrons. The van der Waals surface area contributed by atoms with E-state index >= 15 is 0 Å². The molecule has 0 spiro atoms. The summed E-state index contributed by atoms with van der Waals surface area (Å²) in [6.07, 6.45) is 4.69. The molecule has 1 amide bonds. The van der Waals surface area contributed by atoms with Crippen LogP contribution in [0.25, 0.3) is 0 Å². The molecule has 1 N–H and O–H groups in total. The van der Waals surface area contributed by atoms with E-state index in [9.17, 15) is 9.59 Å². The Labute approximate surface area is 162 Å². The minimum atomic E-state index is -0.386. The fraction of sp³-hybridized carbons (Fsp3) is 0.368. The molecule has 0 aliphatic carbocycles. The Kier molecular flexibility index (Phi) is 6.24. The fourth-order valence-corrected chi connectivity index (χ4v) is 3.10. The number of anilines is 2. The van der Waals surface area contributed by atoms with Crippen LogP contribution in [0.2, 0.25) is 5.02 Å². The SMILES string of the molecule is CCOC(=O)c1ccc(N2CCCC(C(=O)Nc3ccc(Cl)cn3)C2)nc1. The number of halogens is 1. The molecule has 1 unspecified atom stereocenters. The third-order valence-electron chi connectivity index (χ3n) is 4.35. The number of amides is 1. The molecule has 3 heterocycles. The van der Waals surface area contributed by atoms with Crippen LogP contribution in [0.1, 0.15) is 30.1 Å². The van der Waals surface area contributed by atoms with Crippen LogP contribution in [0.4, 0.5) is 11.6 Å². The van der Waals surface area contributed by atoms with Crippen molar-refractivity contribution in [3.05, 3.63) is 47.2 Å². The Bertz CT molecular complexity index is 796. The molecule has 1 fully saturated rings. The van der Waals surface area contributed by atoms with Crippen LogP contribution in [0, 0.1) is 5.92 Å². The molecular weight excluding hydrogens is 368 g/mol. The zero-order valence-electron chi connectivity index (χ0n) is 15.0. The van der Waals surface area contributed by atoms with E-state index in [-0.39, 0.29) is 17.8 Å². The largest absolute Gasteiger partial charge is 0.462 e. The van der Waals surface area contributed by atoms with Crippen molar-refractivity contribution in [1.82, 2.24) is 9.97 Å². The highest BCUT2D eigenvalue weighted by Crippen LogP contribution is 2.23. The first-order valence-corrected chi connectivity index (χ1v) is 9.25. The highest BCUT2D eigenvalue weighted by Gasteiger charge is 2.27. The second-order valence-corrected chi connectivity index (χ2v) is 6.70. The molecule has 0 radical (unpaired) electrons. The second-order valence-electron chi connectivity index (χ2n) is 6.26. The van der Waals surface area contributed by atoms with Crippen LogP contribution in [-0.2, 0) is 9.53 Å². The molecule has 8 heteroatoms. The van der Waals surface area contributed by atoms with Crippen LogP contribution in [0.15, 0.2) is 36.7 Å². The number of hydrogen-bond donors (Lipinski definition) is 1. The van der Waals surface area contributed by atoms with Crippen molar-refractivity contribution < 1.29 is 14.3 Å². The van der Waals surface area contributed by atoms with Crippen LogP contribution in [0.3, 0.4) is 0 Å². The number of hydrogen-bond acceptors (Lipinski definition) is 6. The van der Waals surface area contributed by atoms with Crippen LogP contribution in [-0.4, -0.2) is 41.5 Å². The van der Waals surface area contributed by atoms with Gasteiger partial charge < -0.3 is 15.0 Å². The van der Waals surface area contributed by atoms with Crippen LogP contribution in [0.5, 0.6) is 0 Å². The average molecular weight is 389 g/mol. The van der Waals surface area contributed by atoms with Gasteiger partial charge >= 0.3 is 5.97 Å². The van der Waals surface area contributed by atoms with Crippen molar-refractivity contribution in [1.29, 1.82) is 0 Å². The quantitative estimate of drug-likeness (QED) is 0.792. The number of nitrogens with one attached hydrogen (secondary N) is 1. The minimum absolute atomic E-state index is 0.0716. The van der Waals surface area contributed by atoms with Crippen molar-refractivity contribution in [2.45, 2.75) is 19.8 Å². The molecule has 1 atom stereocenters. The third-order valence-corrected chi connectivity index (χ3v) is 4.58. The molecule has 2 aromatic rings. The van der Waals surface area contributed by atoms with Crippen molar-refractivity contribution in [2.24, 2.45) is 5.92 Å². The van der Waals surface area contributed by atoms with Gasteiger partial charge in [0, 0.05) is 25.5 Å². The Morgan fingerprint density at radius 2 is 2.11 bits per heavy atom. The van der Waals surface area contributed by atoms with E-state index in [4.69, 9.17) is 16.3 Å². The average Bonchev–Trinajstić information content (AvgIpc) is 2.70. The van der Waals surface area contributed by atoms with Gasteiger partial charge in [-0.05, 0) is 44.0 Å². The number of nitrogens with zero attached hydrogens (tertiary/aromatic N) is 3. The zero-order chi connectivity index (χ0) is 19.2. The van der Waals surface area contributed by atoms with Gasteiger partial charge in [0.15, 0.2) is 0 Å². The lowest BCUT2D eigenvalue weighted by Crippen LogP contribution is -2.41. The molecule has 0 aromatic carbocycles. The number of carbonyl (C=O) groups is 2. The standard InChI is InChI=1S/C19H21ClN4O3/c1-2-27-19(26)13-5-8-17(22-10-13)24-9-3-4-14(12-24)18(25)23-16-7-6-15(20)11-21-16/h5-8,10-11,14H,2-4,9,12H2,1H3,(H,21,23,25). The van der Waals surface area contributed by atoms with E-state index in [0.717, 1.165) is 25.2 Å². The van der Waals surface area contributed by atoms with Crippen molar-refractivity contribution in [2.75, 3.05) is 29.9 Å². The fourth-order valence-electron chi connectivity index (χ4n) is 2.99. The predicted octanol–water partition coefficient (Wildman–Crippen LogP) is 3.16. The summed E-state index contributed by atoms with van der Waals surface area (Å²) in [5, 5.41) is 3.35. The van der Waals surface area contributed by atoms with Crippen molar-refractivity contribution in [3.8, 4) is 0 Å². The summed E-state index contributed by atoms with van der Waals surface area (Å²) in [6, 6.07) is 6.85. The van der Waals surface area contributed by atoms with Crippen LogP contribution < -0.4 is 10.2 Å². The lowest BCUT2D eigenvalue weighted by atomic mass is 9.97. The van der Waals surface area contributed by atoms with E-state index < -0.39 is 0 Å². The van der Waals surface area contributed by atoms with E-state index in [1.807, 2.05) is 0 Å². The maximum atomic E-state index is 12.6. The Morgan fingerprint density at radius 1 is 1.26 bits per heavy atom. The van der Waals surface area contributed by atoms with Crippen molar-refractivity contribution in [3.63, 3.8) is 0 Å². The highest BCUT2D eigenvalue weighted by atomic mass is 35.5. The predicted molar refractivity (Wildman–Crippen MR) is 103 cm³/mol. The van der Waals surface area contributed by atoms with Gasteiger partial charge in [0.2, 0.25) is 5.91 Å². The van der Waals surface area contributed by atoms with Crippen LogP contribution >= 0.6 is 11.6 Å². The maximum absolute atomic E-state index is 12.6. The molecule has 27 heavy (non-hydrogen) atoms. The lowest BCUT2D eigenvalue weighted by molar-refractivity contribution is -0.120. The van der Waals surface area contributed by atoms with Gasteiger partial charge in [0.25, 0.3) is 0 Å². The third kappa shape index (κ3) is 4.95. The molecule has 2 aromatic heterocycles. The van der Waals surface area contributed by atoms with Gasteiger partial charge in [-0.1, -0.05) is 11.6 Å². The number of pyridine rings is 2. The number of ether oxygens (including phenoxy) is 1. The first kappa shape index (κ1) is 19.1. The summed E-state index contributed by atoms with van der Waals surface area (Å²) in [5.41, 5.74) is 0.417.